The third-order valence-electron chi connectivity index (χ3n) is 12.9. The minimum Gasteiger partial charge on any atom is -0.454 e. The van der Waals surface area contributed by atoms with Crippen molar-refractivity contribution in [3.63, 3.8) is 0 Å². The Morgan fingerprint density at radius 3 is 1.34 bits per heavy atom. The molecule has 0 amide bonds. The van der Waals surface area contributed by atoms with E-state index in [1.807, 2.05) is 12.1 Å². The van der Waals surface area contributed by atoms with Crippen molar-refractivity contribution in [2.24, 2.45) is 0 Å². The number of aryl methyl sites for hydroxylation is 1. The van der Waals surface area contributed by atoms with Gasteiger partial charge in [0.05, 0.1) is 22.7 Å². The van der Waals surface area contributed by atoms with Crippen molar-refractivity contribution in [1.82, 2.24) is 0 Å². The van der Waals surface area contributed by atoms with Crippen LogP contribution in [0.15, 0.2) is 191 Å². The third-order valence-corrected chi connectivity index (χ3v) is 12.9. The Morgan fingerprint density at radius 1 is 0.403 bits per heavy atom. The molecule has 0 unspecified atom stereocenters. The van der Waals surface area contributed by atoms with Gasteiger partial charge in [-0.15, -0.1) is 0 Å². The van der Waals surface area contributed by atoms with E-state index in [2.05, 4.69) is 200 Å². The van der Waals surface area contributed by atoms with Crippen LogP contribution >= 0.6 is 0 Å². The van der Waals surface area contributed by atoms with Crippen molar-refractivity contribution in [1.29, 1.82) is 0 Å². The fourth-order valence-corrected chi connectivity index (χ4v) is 9.90. The van der Waals surface area contributed by atoms with E-state index >= 15 is 0 Å². The Hall–Kier alpha value is -7.56. The highest BCUT2D eigenvalue weighted by Crippen LogP contribution is 2.50. The van der Waals surface area contributed by atoms with Crippen LogP contribution in [0.4, 0.5) is 34.1 Å². The third kappa shape index (κ3) is 5.60. The summed E-state index contributed by atoms with van der Waals surface area (Å²) in [5.74, 6) is 0.424. The molecule has 4 heteroatoms. The summed E-state index contributed by atoms with van der Waals surface area (Å²) in [6, 6.07) is 66.2. The molecule has 10 aromatic carbocycles. The van der Waals surface area contributed by atoms with Gasteiger partial charge in [-0.05, 0) is 106 Å². The normalized spacial score (nSPS) is 12.1. The van der Waals surface area contributed by atoms with E-state index in [4.69, 9.17) is 8.83 Å². The van der Waals surface area contributed by atoms with Gasteiger partial charge in [0.1, 0.15) is 11.2 Å². The molecule has 0 spiro atoms. The molecule has 0 N–H and O–H groups in total. The van der Waals surface area contributed by atoms with Gasteiger partial charge in [-0.2, -0.15) is 0 Å². The number of rotatable bonds is 9. The number of para-hydroxylation sites is 4. The molecule has 0 bridgehead atoms. The van der Waals surface area contributed by atoms with Gasteiger partial charge in [-0.3, -0.25) is 0 Å². The standard InChI is InChI=1S/C58H44N2O2/c1-4-11-37-20-28-41(29-21-37)59(51-16-9-14-45-43-12-5-7-18-53(43)61-57(45)51)49-34-26-39-22-23-40-27-35-50(48-33-32-47(49)55(39)56(40)48)60(42-30-24-38(25-31-42)36(2)3)52-17-10-15-46-44-13-6-8-19-54(44)62-58(46)52/h5-10,12-36H,4,11H2,1-3H3. The SMILES string of the molecule is CCCc1ccc(N(c2ccc3ccc4ccc(N(c5ccc(C(C)C)cc5)c5cccc6c5oc5ccccc56)c5ccc2c3c45)c2cccc3c2oc2ccccc23)cc1. The van der Waals surface area contributed by atoms with Gasteiger partial charge in [0.25, 0.3) is 0 Å². The van der Waals surface area contributed by atoms with E-state index in [0.717, 1.165) is 90.8 Å². The van der Waals surface area contributed by atoms with Gasteiger partial charge >= 0.3 is 0 Å². The highest BCUT2D eigenvalue weighted by Gasteiger charge is 2.25. The van der Waals surface area contributed by atoms with Crippen molar-refractivity contribution in [3.8, 4) is 0 Å². The van der Waals surface area contributed by atoms with E-state index in [0.29, 0.717) is 5.92 Å². The molecule has 62 heavy (non-hydrogen) atoms. The molecule has 0 aliphatic carbocycles. The summed E-state index contributed by atoms with van der Waals surface area (Å²) >= 11 is 0. The molecule has 12 rings (SSSR count). The fraction of sp³-hybridized carbons (Fsp3) is 0.103. The zero-order valence-electron chi connectivity index (χ0n) is 35.0. The Kier molecular flexibility index (Phi) is 8.36. The number of anilines is 6. The second kappa shape index (κ2) is 14.3. The molecule has 298 valence electrons. The molecular weight excluding hydrogens is 757 g/mol. The summed E-state index contributed by atoms with van der Waals surface area (Å²) in [5, 5.41) is 11.7. The number of hydrogen-bond donors (Lipinski definition) is 0. The molecule has 0 atom stereocenters. The Labute approximate surface area is 360 Å². The minimum atomic E-state index is 0.424. The summed E-state index contributed by atoms with van der Waals surface area (Å²) < 4.78 is 13.5. The number of hydrogen-bond acceptors (Lipinski definition) is 4. The molecule has 2 heterocycles. The van der Waals surface area contributed by atoms with Crippen LogP contribution in [-0.4, -0.2) is 0 Å². The summed E-state index contributed by atoms with van der Waals surface area (Å²) in [7, 11) is 0. The zero-order valence-corrected chi connectivity index (χ0v) is 35.0. The maximum Gasteiger partial charge on any atom is 0.159 e. The van der Waals surface area contributed by atoms with Crippen LogP contribution in [0.25, 0.3) is 76.2 Å². The zero-order chi connectivity index (χ0) is 41.5. The van der Waals surface area contributed by atoms with E-state index in [1.54, 1.807) is 0 Å². The molecule has 0 saturated carbocycles. The highest BCUT2D eigenvalue weighted by atomic mass is 16.3. The predicted octanol–water partition coefficient (Wildman–Crippen LogP) is 17.4. The summed E-state index contributed by atoms with van der Waals surface area (Å²) in [6.45, 7) is 6.73. The first kappa shape index (κ1) is 36.3. The maximum atomic E-state index is 6.74. The molecule has 0 fully saturated rings. The molecule has 0 aliphatic heterocycles. The Bertz CT molecular complexity index is 3630. The van der Waals surface area contributed by atoms with Gasteiger partial charge in [-0.25, -0.2) is 0 Å². The van der Waals surface area contributed by atoms with Crippen LogP contribution in [0.3, 0.4) is 0 Å². The van der Waals surface area contributed by atoms with Gasteiger partial charge in [0.15, 0.2) is 11.2 Å². The average Bonchev–Trinajstić information content (AvgIpc) is 3.90. The topological polar surface area (TPSA) is 32.8 Å². The van der Waals surface area contributed by atoms with Crippen molar-refractivity contribution in [3.05, 3.63) is 193 Å². The predicted molar refractivity (Wildman–Crippen MR) is 262 cm³/mol. The molecule has 0 radical (unpaired) electrons. The number of nitrogens with zero attached hydrogens (tertiary/aromatic N) is 2. The van der Waals surface area contributed by atoms with Gasteiger partial charge < -0.3 is 18.6 Å². The van der Waals surface area contributed by atoms with Crippen LogP contribution in [-0.2, 0) is 6.42 Å². The van der Waals surface area contributed by atoms with Crippen molar-refractivity contribution in [2.45, 2.75) is 39.5 Å². The second-order valence-corrected chi connectivity index (χ2v) is 16.9. The first-order chi connectivity index (χ1) is 30.5. The monoisotopic (exact) mass is 800 g/mol. The lowest BCUT2D eigenvalue weighted by Gasteiger charge is -2.29. The van der Waals surface area contributed by atoms with Crippen LogP contribution in [0.1, 0.15) is 44.2 Å². The van der Waals surface area contributed by atoms with E-state index in [1.165, 1.54) is 43.4 Å². The van der Waals surface area contributed by atoms with Crippen LogP contribution < -0.4 is 9.80 Å². The Balaban J connectivity index is 1.12. The lowest BCUT2D eigenvalue weighted by atomic mass is 9.91. The quantitative estimate of drug-likeness (QED) is 0.136. The highest BCUT2D eigenvalue weighted by molar-refractivity contribution is 6.28. The molecule has 0 aliphatic rings. The average molecular weight is 801 g/mol. The van der Waals surface area contributed by atoms with E-state index in [-0.39, 0.29) is 0 Å². The largest absolute Gasteiger partial charge is 0.454 e. The number of fused-ring (bicyclic) bond motifs is 6. The lowest BCUT2D eigenvalue weighted by Crippen LogP contribution is -2.12. The summed E-state index contributed by atoms with van der Waals surface area (Å²) in [4.78, 5) is 4.80. The summed E-state index contributed by atoms with van der Waals surface area (Å²) in [6.07, 6.45) is 2.15. The first-order valence-corrected chi connectivity index (χ1v) is 21.8. The Morgan fingerprint density at radius 2 is 0.855 bits per heavy atom. The maximum absolute atomic E-state index is 6.74. The first-order valence-electron chi connectivity index (χ1n) is 21.8. The molecule has 12 aromatic rings. The number of furan rings is 2. The fourth-order valence-electron chi connectivity index (χ4n) is 9.90. The van der Waals surface area contributed by atoms with Gasteiger partial charge in [0.2, 0.25) is 0 Å². The molecule has 0 saturated heterocycles. The summed E-state index contributed by atoms with van der Waals surface area (Å²) in [5.41, 5.74) is 12.5. The minimum absolute atomic E-state index is 0.424. The van der Waals surface area contributed by atoms with Gasteiger partial charge in [0, 0.05) is 43.7 Å². The molecule has 2 aromatic heterocycles. The lowest BCUT2D eigenvalue weighted by molar-refractivity contribution is 0.669. The van der Waals surface area contributed by atoms with Crippen molar-refractivity contribution < 1.29 is 8.83 Å². The smallest absolute Gasteiger partial charge is 0.159 e. The number of benzene rings is 10. The van der Waals surface area contributed by atoms with Crippen LogP contribution in [0.5, 0.6) is 0 Å². The van der Waals surface area contributed by atoms with E-state index in [9.17, 15) is 0 Å². The van der Waals surface area contributed by atoms with Gasteiger partial charge in [-0.1, -0.05) is 149 Å². The second-order valence-electron chi connectivity index (χ2n) is 16.9. The molecule has 4 nitrogen and oxygen atoms in total. The van der Waals surface area contributed by atoms with Crippen LogP contribution in [0, 0.1) is 0 Å². The van der Waals surface area contributed by atoms with E-state index < -0.39 is 0 Å². The van der Waals surface area contributed by atoms with Crippen LogP contribution in [0.2, 0.25) is 0 Å². The molecular formula is C58H44N2O2. The van der Waals surface area contributed by atoms with Crippen molar-refractivity contribution >= 4 is 110 Å². The van der Waals surface area contributed by atoms with Crippen molar-refractivity contribution in [2.75, 3.05) is 9.80 Å².